The first-order valence-corrected chi connectivity index (χ1v) is 6.38. The third kappa shape index (κ3) is 2.59. The van der Waals surface area contributed by atoms with Crippen molar-refractivity contribution in [2.45, 2.75) is 20.0 Å². The van der Waals surface area contributed by atoms with Crippen LogP contribution in [-0.2, 0) is 0 Å². The monoisotopic (exact) mass is 290 g/mol. The first-order valence-electron chi connectivity index (χ1n) is 5.59. The number of aliphatic hydroxyl groups excluding tert-OH is 1. The Kier molecular flexibility index (Phi) is 3.65. The molecule has 2 rings (SSSR count). The van der Waals surface area contributed by atoms with Crippen LogP contribution in [-0.4, -0.2) is 5.11 Å². The first kappa shape index (κ1) is 12.3. The van der Waals surface area contributed by atoms with Crippen molar-refractivity contribution in [3.05, 3.63) is 69.2 Å². The third-order valence-electron chi connectivity index (χ3n) is 3.02. The van der Waals surface area contributed by atoms with Crippen LogP contribution in [0.4, 0.5) is 0 Å². The van der Waals surface area contributed by atoms with Crippen LogP contribution in [0.25, 0.3) is 0 Å². The maximum absolute atomic E-state index is 10.5. The van der Waals surface area contributed by atoms with Crippen molar-refractivity contribution in [2.24, 2.45) is 0 Å². The van der Waals surface area contributed by atoms with Crippen molar-refractivity contribution in [3.8, 4) is 0 Å². The highest BCUT2D eigenvalue weighted by molar-refractivity contribution is 9.10. The molecule has 0 saturated heterocycles. The molecule has 0 radical (unpaired) electrons. The lowest BCUT2D eigenvalue weighted by Crippen LogP contribution is -2.03. The summed E-state index contributed by atoms with van der Waals surface area (Å²) in [7, 11) is 0. The largest absolute Gasteiger partial charge is 0.384 e. The summed E-state index contributed by atoms with van der Waals surface area (Å²) in [5.74, 6) is 0. The highest BCUT2D eigenvalue weighted by atomic mass is 79.9. The highest BCUT2D eigenvalue weighted by Gasteiger charge is 2.14. The molecule has 0 spiro atoms. The van der Waals surface area contributed by atoms with E-state index in [-0.39, 0.29) is 0 Å². The van der Waals surface area contributed by atoms with E-state index in [0.29, 0.717) is 0 Å². The predicted molar refractivity (Wildman–Crippen MR) is 74.1 cm³/mol. The summed E-state index contributed by atoms with van der Waals surface area (Å²) in [6, 6.07) is 13.9. The number of aryl methyl sites for hydroxylation is 2. The molecule has 1 nitrogen and oxygen atoms in total. The molecular formula is C15H15BrO. The molecule has 0 aliphatic heterocycles. The summed E-state index contributed by atoms with van der Waals surface area (Å²) in [5.41, 5.74) is 4.13. The van der Waals surface area contributed by atoms with Gasteiger partial charge in [-0.05, 0) is 48.2 Å². The van der Waals surface area contributed by atoms with E-state index in [9.17, 15) is 5.11 Å². The molecule has 1 N–H and O–H groups in total. The maximum Gasteiger partial charge on any atom is 0.105 e. The molecular weight excluding hydrogens is 276 g/mol. The van der Waals surface area contributed by atoms with E-state index in [1.165, 1.54) is 0 Å². The molecule has 0 aromatic heterocycles. The Hall–Kier alpha value is -1.12. The van der Waals surface area contributed by atoms with Gasteiger partial charge in [0.25, 0.3) is 0 Å². The molecule has 0 heterocycles. The van der Waals surface area contributed by atoms with E-state index in [4.69, 9.17) is 0 Å². The second-order valence-electron chi connectivity index (χ2n) is 4.26. The summed E-state index contributed by atoms with van der Waals surface area (Å²) < 4.78 is 0.991. The van der Waals surface area contributed by atoms with Crippen molar-refractivity contribution < 1.29 is 5.11 Å². The fourth-order valence-corrected chi connectivity index (χ4v) is 2.35. The van der Waals surface area contributed by atoms with Crippen LogP contribution in [0, 0.1) is 13.8 Å². The van der Waals surface area contributed by atoms with Gasteiger partial charge in [0.1, 0.15) is 6.10 Å². The standard InChI is InChI=1S/C15H15BrO/c1-10-5-3-4-6-13(10)15(17)14-9-12(16)8-7-11(14)2/h3-9,15,17H,1-2H3. The number of hydrogen-bond acceptors (Lipinski definition) is 1. The quantitative estimate of drug-likeness (QED) is 0.881. The fraction of sp³-hybridized carbons (Fsp3) is 0.200. The van der Waals surface area contributed by atoms with Gasteiger partial charge in [0, 0.05) is 4.47 Å². The van der Waals surface area contributed by atoms with Crippen LogP contribution in [0.3, 0.4) is 0 Å². The number of hydrogen-bond donors (Lipinski definition) is 1. The highest BCUT2D eigenvalue weighted by Crippen LogP contribution is 2.28. The molecule has 0 fully saturated rings. The fourth-order valence-electron chi connectivity index (χ4n) is 1.97. The molecule has 1 unspecified atom stereocenters. The van der Waals surface area contributed by atoms with Crippen molar-refractivity contribution in [3.63, 3.8) is 0 Å². The lowest BCUT2D eigenvalue weighted by Gasteiger charge is -2.16. The molecule has 2 aromatic carbocycles. The van der Waals surface area contributed by atoms with E-state index >= 15 is 0 Å². The second kappa shape index (κ2) is 5.03. The number of benzene rings is 2. The van der Waals surface area contributed by atoms with E-state index in [1.54, 1.807) is 0 Å². The normalized spacial score (nSPS) is 12.5. The molecule has 0 aliphatic rings. The first-order chi connectivity index (χ1) is 8.09. The van der Waals surface area contributed by atoms with Gasteiger partial charge >= 0.3 is 0 Å². The topological polar surface area (TPSA) is 20.2 Å². The van der Waals surface area contributed by atoms with Gasteiger partial charge in [0.15, 0.2) is 0 Å². The second-order valence-corrected chi connectivity index (χ2v) is 5.18. The molecule has 2 heteroatoms. The van der Waals surface area contributed by atoms with Gasteiger partial charge in [-0.25, -0.2) is 0 Å². The van der Waals surface area contributed by atoms with Crippen LogP contribution >= 0.6 is 15.9 Å². The molecule has 1 atom stereocenters. The van der Waals surface area contributed by atoms with Crippen molar-refractivity contribution in [1.29, 1.82) is 0 Å². The summed E-state index contributed by atoms with van der Waals surface area (Å²) in [6.45, 7) is 4.04. The number of rotatable bonds is 2. The Bertz CT molecular complexity index is 534. The summed E-state index contributed by atoms with van der Waals surface area (Å²) in [4.78, 5) is 0. The summed E-state index contributed by atoms with van der Waals surface area (Å²) >= 11 is 3.44. The van der Waals surface area contributed by atoms with Gasteiger partial charge in [-0.1, -0.05) is 46.3 Å². The van der Waals surface area contributed by atoms with Crippen LogP contribution in [0.1, 0.15) is 28.4 Å². The van der Waals surface area contributed by atoms with Gasteiger partial charge in [-0.15, -0.1) is 0 Å². The molecule has 0 saturated carbocycles. The number of aliphatic hydroxyl groups is 1. The maximum atomic E-state index is 10.5. The Labute approximate surface area is 110 Å². The number of halogens is 1. The summed E-state index contributed by atoms with van der Waals surface area (Å²) in [6.07, 6.45) is -0.561. The molecule has 0 amide bonds. The van der Waals surface area contributed by atoms with E-state index < -0.39 is 6.10 Å². The predicted octanol–water partition coefficient (Wildman–Crippen LogP) is 4.15. The van der Waals surface area contributed by atoms with E-state index in [0.717, 1.165) is 26.7 Å². The zero-order valence-electron chi connectivity index (χ0n) is 9.94. The lowest BCUT2D eigenvalue weighted by atomic mass is 9.95. The zero-order valence-corrected chi connectivity index (χ0v) is 11.5. The Balaban J connectivity index is 2.47. The Morgan fingerprint density at radius 2 is 1.59 bits per heavy atom. The SMILES string of the molecule is Cc1ccccc1C(O)c1cc(Br)ccc1C. The van der Waals surface area contributed by atoms with Gasteiger partial charge in [-0.2, -0.15) is 0 Å². The molecule has 17 heavy (non-hydrogen) atoms. The lowest BCUT2D eigenvalue weighted by molar-refractivity contribution is 0.218. The van der Waals surface area contributed by atoms with Gasteiger partial charge in [0.2, 0.25) is 0 Å². The average Bonchev–Trinajstić information content (AvgIpc) is 2.32. The molecule has 0 bridgehead atoms. The van der Waals surface area contributed by atoms with E-state index in [1.807, 2.05) is 56.3 Å². The smallest absolute Gasteiger partial charge is 0.105 e. The van der Waals surface area contributed by atoms with Crippen LogP contribution in [0.2, 0.25) is 0 Å². The Morgan fingerprint density at radius 3 is 2.29 bits per heavy atom. The van der Waals surface area contributed by atoms with Crippen molar-refractivity contribution in [2.75, 3.05) is 0 Å². The third-order valence-corrected chi connectivity index (χ3v) is 3.51. The molecule has 0 aliphatic carbocycles. The molecule has 2 aromatic rings. The minimum atomic E-state index is -0.561. The van der Waals surface area contributed by atoms with E-state index in [2.05, 4.69) is 15.9 Å². The van der Waals surface area contributed by atoms with Gasteiger partial charge < -0.3 is 5.11 Å². The molecule has 88 valence electrons. The zero-order chi connectivity index (χ0) is 12.4. The van der Waals surface area contributed by atoms with Crippen LogP contribution in [0.5, 0.6) is 0 Å². The average molecular weight is 291 g/mol. The van der Waals surface area contributed by atoms with Crippen LogP contribution < -0.4 is 0 Å². The summed E-state index contributed by atoms with van der Waals surface area (Å²) in [5, 5.41) is 10.5. The van der Waals surface area contributed by atoms with Crippen molar-refractivity contribution >= 4 is 15.9 Å². The van der Waals surface area contributed by atoms with Gasteiger partial charge in [-0.3, -0.25) is 0 Å². The van der Waals surface area contributed by atoms with Crippen LogP contribution in [0.15, 0.2) is 46.9 Å². The minimum Gasteiger partial charge on any atom is -0.384 e. The van der Waals surface area contributed by atoms with Crippen molar-refractivity contribution in [1.82, 2.24) is 0 Å². The Morgan fingerprint density at radius 1 is 0.941 bits per heavy atom. The minimum absolute atomic E-state index is 0.561. The van der Waals surface area contributed by atoms with Gasteiger partial charge in [0.05, 0.1) is 0 Å².